The van der Waals surface area contributed by atoms with Gasteiger partial charge in [-0.15, -0.1) is 0 Å². The fourth-order valence-electron chi connectivity index (χ4n) is 4.83. The van der Waals surface area contributed by atoms with Crippen LogP contribution in [0.5, 0.6) is 0 Å². The van der Waals surface area contributed by atoms with Crippen LogP contribution in [0.25, 0.3) is 10.8 Å². The van der Waals surface area contributed by atoms with E-state index in [0.29, 0.717) is 5.39 Å². The zero-order chi connectivity index (χ0) is 24.1. The van der Waals surface area contributed by atoms with Gasteiger partial charge in [-0.3, -0.25) is 10.2 Å². The zero-order valence-electron chi connectivity index (χ0n) is 20.1. The number of alkyl halides is 3. The third-order valence-electron chi connectivity index (χ3n) is 6.66. The van der Waals surface area contributed by atoms with Gasteiger partial charge >= 0.3 is 6.18 Å². The largest absolute Gasteiger partial charge is 0.409 e. The van der Waals surface area contributed by atoms with Crippen molar-refractivity contribution in [2.24, 2.45) is 5.41 Å². The molecule has 2 aromatic rings. The maximum atomic E-state index is 14.4. The van der Waals surface area contributed by atoms with Gasteiger partial charge in [-0.05, 0) is 48.6 Å². The van der Waals surface area contributed by atoms with Gasteiger partial charge in [0.25, 0.3) is 0 Å². The smallest absolute Gasteiger partial charge is 0.287 e. The minimum Gasteiger partial charge on any atom is -0.287 e. The van der Waals surface area contributed by atoms with Gasteiger partial charge in [-0.2, -0.15) is 13.2 Å². The van der Waals surface area contributed by atoms with E-state index in [-0.39, 0.29) is 18.0 Å². The molecular formula is C27H37F3N2O. The van der Waals surface area contributed by atoms with Gasteiger partial charge in [-0.25, -0.2) is 5.01 Å². The van der Waals surface area contributed by atoms with Gasteiger partial charge in [-0.1, -0.05) is 88.3 Å². The lowest BCUT2D eigenvalue weighted by atomic mass is 9.90. The molecule has 1 fully saturated rings. The van der Waals surface area contributed by atoms with Crippen LogP contribution in [0.3, 0.4) is 0 Å². The summed E-state index contributed by atoms with van der Waals surface area (Å²) in [5.41, 5.74) is 2.79. The van der Waals surface area contributed by atoms with E-state index in [4.69, 9.17) is 0 Å². The maximum Gasteiger partial charge on any atom is 0.409 e. The summed E-state index contributed by atoms with van der Waals surface area (Å²) in [7, 11) is 0. The normalized spacial score (nSPS) is 17.5. The first-order chi connectivity index (χ1) is 15.6. The highest BCUT2D eigenvalue weighted by Crippen LogP contribution is 2.43. The number of halogens is 3. The van der Waals surface area contributed by atoms with Crippen LogP contribution in [-0.2, 0) is 11.2 Å². The monoisotopic (exact) mass is 462 g/mol. The second-order valence-corrected chi connectivity index (χ2v) is 9.98. The summed E-state index contributed by atoms with van der Waals surface area (Å²) in [6, 6.07) is 8.98. The van der Waals surface area contributed by atoms with Crippen molar-refractivity contribution in [1.29, 1.82) is 0 Å². The van der Waals surface area contributed by atoms with E-state index in [0.717, 1.165) is 35.2 Å². The Morgan fingerprint density at radius 3 is 2.15 bits per heavy atom. The van der Waals surface area contributed by atoms with E-state index in [1.54, 1.807) is 26.0 Å². The SMILES string of the molecule is CCCCCCCCCCc1cccc2cccc([C@H](N3CC(C)(C)C(=O)N3)C(F)(F)F)c12. The molecule has 1 aliphatic heterocycles. The first-order valence-electron chi connectivity index (χ1n) is 12.3. The average Bonchev–Trinajstić information content (AvgIpc) is 3.01. The summed E-state index contributed by atoms with van der Waals surface area (Å²) >= 11 is 0. The summed E-state index contributed by atoms with van der Waals surface area (Å²) < 4.78 is 43.1. The van der Waals surface area contributed by atoms with Crippen molar-refractivity contribution in [2.45, 2.75) is 90.8 Å². The Morgan fingerprint density at radius 2 is 1.58 bits per heavy atom. The molecule has 1 heterocycles. The molecule has 1 aliphatic rings. The molecule has 1 saturated heterocycles. The number of rotatable bonds is 11. The standard InChI is InChI=1S/C27H37F3N2O/c1-4-5-6-7-8-9-10-11-14-20-15-12-16-21-17-13-18-22(23(20)21)24(27(28,29)30)32-19-26(2,3)25(33)31-32/h12-13,15-18,24H,4-11,14,19H2,1-3H3,(H,31,33)/t24-/m0/s1. The predicted molar refractivity (Wildman–Crippen MR) is 128 cm³/mol. The van der Waals surface area contributed by atoms with E-state index in [2.05, 4.69) is 12.3 Å². The Hall–Kier alpha value is -2.08. The van der Waals surface area contributed by atoms with Crippen molar-refractivity contribution in [3.8, 4) is 0 Å². The number of benzene rings is 2. The lowest BCUT2D eigenvalue weighted by Crippen LogP contribution is -2.43. The minimum absolute atomic E-state index is 0.00654. The molecule has 0 radical (unpaired) electrons. The Morgan fingerprint density at radius 1 is 0.970 bits per heavy atom. The predicted octanol–water partition coefficient (Wildman–Crippen LogP) is 7.50. The number of fused-ring (bicyclic) bond motifs is 1. The Kier molecular flexibility index (Phi) is 8.43. The molecule has 1 amide bonds. The lowest BCUT2D eigenvalue weighted by molar-refractivity contribution is -0.191. The Bertz CT molecular complexity index is 933. The fraction of sp³-hybridized carbons (Fsp3) is 0.593. The van der Waals surface area contributed by atoms with E-state index in [9.17, 15) is 18.0 Å². The molecule has 182 valence electrons. The van der Waals surface area contributed by atoms with E-state index < -0.39 is 17.6 Å². The molecule has 3 nitrogen and oxygen atoms in total. The van der Waals surface area contributed by atoms with E-state index in [1.165, 1.54) is 38.5 Å². The van der Waals surface area contributed by atoms with Gasteiger partial charge in [0.1, 0.15) is 0 Å². The summed E-state index contributed by atoms with van der Waals surface area (Å²) in [6.07, 6.45) is 5.75. The number of unbranched alkanes of at least 4 members (excludes halogenated alkanes) is 7. The maximum absolute atomic E-state index is 14.4. The molecule has 1 atom stereocenters. The van der Waals surface area contributed by atoms with Crippen LogP contribution >= 0.6 is 0 Å². The van der Waals surface area contributed by atoms with Gasteiger partial charge in [0.05, 0.1) is 5.41 Å². The molecule has 0 spiro atoms. The first-order valence-corrected chi connectivity index (χ1v) is 12.3. The number of hydrazine groups is 1. The molecule has 6 heteroatoms. The zero-order valence-corrected chi connectivity index (χ0v) is 20.1. The van der Waals surface area contributed by atoms with Crippen LogP contribution in [0.15, 0.2) is 36.4 Å². The Balaban J connectivity index is 1.83. The van der Waals surface area contributed by atoms with Crippen LogP contribution in [-0.4, -0.2) is 23.6 Å². The number of amides is 1. The van der Waals surface area contributed by atoms with Crippen molar-refractivity contribution in [3.05, 3.63) is 47.5 Å². The summed E-state index contributed by atoms with van der Waals surface area (Å²) in [5.74, 6) is -0.379. The highest BCUT2D eigenvalue weighted by molar-refractivity contribution is 5.90. The quantitative estimate of drug-likeness (QED) is 0.351. The fourth-order valence-corrected chi connectivity index (χ4v) is 4.83. The third kappa shape index (κ3) is 6.28. The number of aryl methyl sites for hydroxylation is 1. The number of nitrogens with zero attached hydrogens (tertiary/aromatic N) is 1. The van der Waals surface area contributed by atoms with Crippen molar-refractivity contribution < 1.29 is 18.0 Å². The Labute approximate surface area is 195 Å². The molecule has 1 N–H and O–H groups in total. The van der Waals surface area contributed by atoms with Crippen LogP contribution in [0.1, 0.15) is 89.3 Å². The van der Waals surface area contributed by atoms with Crippen molar-refractivity contribution in [3.63, 3.8) is 0 Å². The highest BCUT2D eigenvalue weighted by Gasteiger charge is 2.51. The van der Waals surface area contributed by atoms with Gasteiger partial charge < -0.3 is 0 Å². The average molecular weight is 463 g/mol. The summed E-state index contributed by atoms with van der Waals surface area (Å²) in [6.45, 7) is 5.56. The van der Waals surface area contributed by atoms with Crippen molar-refractivity contribution >= 4 is 16.7 Å². The number of carbonyl (C=O) groups is 1. The number of nitrogens with one attached hydrogen (secondary N) is 1. The highest BCUT2D eigenvalue weighted by atomic mass is 19.4. The number of hydrogen-bond donors (Lipinski definition) is 1. The molecule has 2 aromatic carbocycles. The molecule has 0 unspecified atom stereocenters. The van der Waals surface area contributed by atoms with Crippen molar-refractivity contribution in [2.75, 3.05) is 6.54 Å². The third-order valence-corrected chi connectivity index (χ3v) is 6.66. The lowest BCUT2D eigenvalue weighted by Gasteiger charge is -2.31. The molecule has 3 rings (SSSR count). The van der Waals surface area contributed by atoms with E-state index in [1.807, 2.05) is 24.3 Å². The van der Waals surface area contributed by atoms with Crippen LogP contribution < -0.4 is 5.43 Å². The topological polar surface area (TPSA) is 32.3 Å². The van der Waals surface area contributed by atoms with Gasteiger partial charge in [0.15, 0.2) is 6.04 Å². The molecule has 0 aromatic heterocycles. The second-order valence-electron chi connectivity index (χ2n) is 9.98. The van der Waals surface area contributed by atoms with Crippen LogP contribution in [0.2, 0.25) is 0 Å². The van der Waals surface area contributed by atoms with Gasteiger partial charge in [0, 0.05) is 6.54 Å². The van der Waals surface area contributed by atoms with Crippen molar-refractivity contribution in [1.82, 2.24) is 10.4 Å². The first kappa shape index (κ1) is 25.5. The molecule has 0 saturated carbocycles. The van der Waals surface area contributed by atoms with Crippen LogP contribution in [0.4, 0.5) is 13.2 Å². The molecule has 0 aliphatic carbocycles. The number of carbonyl (C=O) groups excluding carboxylic acids is 1. The summed E-state index contributed by atoms with van der Waals surface area (Å²) in [5, 5.41) is 2.55. The number of hydrogen-bond acceptors (Lipinski definition) is 2. The van der Waals surface area contributed by atoms with Crippen LogP contribution in [0, 0.1) is 5.41 Å². The second kappa shape index (κ2) is 10.9. The summed E-state index contributed by atoms with van der Waals surface area (Å²) in [4.78, 5) is 12.3. The molecule has 0 bridgehead atoms. The minimum atomic E-state index is -4.52. The van der Waals surface area contributed by atoms with Gasteiger partial charge in [0.2, 0.25) is 5.91 Å². The van der Waals surface area contributed by atoms with E-state index >= 15 is 0 Å². The molecule has 33 heavy (non-hydrogen) atoms. The molecular weight excluding hydrogens is 425 g/mol.